The van der Waals surface area contributed by atoms with Gasteiger partial charge in [0.1, 0.15) is 0 Å². The summed E-state index contributed by atoms with van der Waals surface area (Å²) >= 11 is 0. The molecule has 96 valence electrons. The molecule has 1 N–H and O–H groups in total. The minimum absolute atomic E-state index is 0.0762. The highest BCUT2D eigenvalue weighted by Gasteiger charge is 2.39. The molecule has 0 fully saturated rings. The molecular formula is C11H9F2NO4. The molecule has 1 aliphatic rings. The lowest BCUT2D eigenvalue weighted by molar-refractivity contribution is -0.180. The summed E-state index contributed by atoms with van der Waals surface area (Å²) in [6.07, 6.45) is -1.63. The monoisotopic (exact) mass is 257 g/mol. The molecule has 0 aliphatic carbocycles. The van der Waals surface area contributed by atoms with Crippen molar-refractivity contribution in [1.29, 1.82) is 0 Å². The van der Waals surface area contributed by atoms with E-state index in [0.29, 0.717) is 0 Å². The van der Waals surface area contributed by atoms with Gasteiger partial charge in [0.2, 0.25) is 0 Å². The first-order valence-corrected chi connectivity index (χ1v) is 5.03. The lowest BCUT2D eigenvalue weighted by Gasteiger charge is -2.19. The van der Waals surface area contributed by atoms with Crippen molar-refractivity contribution in [3.63, 3.8) is 0 Å². The third kappa shape index (κ3) is 2.24. The van der Waals surface area contributed by atoms with Crippen molar-refractivity contribution in [3.8, 4) is 0 Å². The maximum Gasteiger partial charge on any atom is 0.509 e. The molecule has 1 heterocycles. The quantitative estimate of drug-likeness (QED) is 0.826. The summed E-state index contributed by atoms with van der Waals surface area (Å²) in [6.45, 7) is 1.34. The van der Waals surface area contributed by atoms with Gasteiger partial charge >= 0.3 is 6.16 Å². The molecule has 0 bridgehead atoms. The molecule has 2 rings (SSSR count). The number of oxime groups is 1. The van der Waals surface area contributed by atoms with E-state index in [9.17, 15) is 13.6 Å². The molecule has 0 radical (unpaired) electrons. The lowest BCUT2D eigenvalue weighted by Crippen LogP contribution is -2.31. The van der Waals surface area contributed by atoms with Gasteiger partial charge in [-0.3, -0.25) is 0 Å². The van der Waals surface area contributed by atoms with Crippen molar-refractivity contribution < 1.29 is 28.3 Å². The Balaban J connectivity index is 2.23. The maximum absolute atomic E-state index is 13.5. The minimum atomic E-state index is -1.53. The van der Waals surface area contributed by atoms with E-state index in [1.165, 1.54) is 19.1 Å². The number of nitrogens with zero attached hydrogens (tertiary/aromatic N) is 1. The van der Waals surface area contributed by atoms with Crippen LogP contribution in [0.3, 0.4) is 0 Å². The van der Waals surface area contributed by atoms with Crippen LogP contribution in [-0.2, 0) is 9.57 Å². The molecule has 1 atom stereocenters. The van der Waals surface area contributed by atoms with Crippen LogP contribution < -0.4 is 0 Å². The van der Waals surface area contributed by atoms with Gasteiger partial charge in [0, 0.05) is 12.5 Å². The summed E-state index contributed by atoms with van der Waals surface area (Å²) in [6, 6.07) is 3.62. The van der Waals surface area contributed by atoms with Crippen LogP contribution in [0.15, 0.2) is 23.4 Å². The second kappa shape index (κ2) is 4.25. The summed E-state index contributed by atoms with van der Waals surface area (Å²) in [7, 11) is 0. The average molecular weight is 257 g/mol. The van der Waals surface area contributed by atoms with Gasteiger partial charge in [-0.15, -0.1) is 0 Å². The average Bonchev–Trinajstić information content (AvgIpc) is 2.63. The van der Waals surface area contributed by atoms with E-state index in [1.54, 1.807) is 0 Å². The highest BCUT2D eigenvalue weighted by Crippen LogP contribution is 2.29. The van der Waals surface area contributed by atoms with Crippen molar-refractivity contribution >= 4 is 11.9 Å². The first kappa shape index (κ1) is 12.3. The molecule has 0 saturated heterocycles. The first-order valence-electron chi connectivity index (χ1n) is 5.03. The lowest BCUT2D eigenvalue weighted by atomic mass is 10.0. The Bertz CT molecular complexity index is 532. The van der Waals surface area contributed by atoms with Gasteiger partial charge in [-0.1, -0.05) is 11.2 Å². The predicted octanol–water partition coefficient (Wildman–Crippen LogP) is 2.50. The van der Waals surface area contributed by atoms with E-state index in [1.807, 2.05) is 0 Å². The van der Waals surface area contributed by atoms with Crippen molar-refractivity contribution in [2.75, 3.05) is 0 Å². The Morgan fingerprint density at radius 2 is 2.28 bits per heavy atom. The van der Waals surface area contributed by atoms with Crippen LogP contribution >= 0.6 is 0 Å². The number of carboxylic acid groups (broad SMARTS) is 1. The predicted molar refractivity (Wildman–Crippen MR) is 56.1 cm³/mol. The molecule has 18 heavy (non-hydrogen) atoms. The van der Waals surface area contributed by atoms with E-state index >= 15 is 0 Å². The van der Waals surface area contributed by atoms with Gasteiger partial charge in [-0.2, -0.15) is 0 Å². The molecule has 0 amide bonds. The number of carbonyl (C=O) groups is 1. The van der Waals surface area contributed by atoms with Crippen LogP contribution in [0, 0.1) is 11.6 Å². The van der Waals surface area contributed by atoms with Gasteiger partial charge in [0.15, 0.2) is 11.6 Å². The van der Waals surface area contributed by atoms with Crippen LogP contribution in [0.4, 0.5) is 13.6 Å². The zero-order valence-corrected chi connectivity index (χ0v) is 9.31. The number of ether oxygens (including phenoxy) is 1. The molecule has 1 unspecified atom stereocenters. The zero-order valence-electron chi connectivity index (χ0n) is 9.31. The smallest absolute Gasteiger partial charge is 0.450 e. The van der Waals surface area contributed by atoms with Crippen molar-refractivity contribution in [1.82, 2.24) is 0 Å². The van der Waals surface area contributed by atoms with Gasteiger partial charge in [0.25, 0.3) is 5.79 Å². The minimum Gasteiger partial charge on any atom is -0.450 e. The first-order chi connectivity index (χ1) is 8.41. The molecule has 0 saturated carbocycles. The second-order valence-electron chi connectivity index (χ2n) is 3.91. The normalized spacial score (nSPS) is 22.3. The highest BCUT2D eigenvalue weighted by atomic mass is 19.2. The van der Waals surface area contributed by atoms with Gasteiger partial charge in [-0.05, 0) is 12.1 Å². The van der Waals surface area contributed by atoms with Crippen LogP contribution in [0.2, 0.25) is 0 Å². The number of hydrogen-bond donors (Lipinski definition) is 1. The Labute approximate surface area is 101 Å². The standard InChI is InChI=1S/C11H9F2NO4/c1-11(17-10(15)16)5-8(14-18-11)6-3-2-4-7(12)9(6)13/h2-4H,5H2,1H3,(H,15,16). The largest absolute Gasteiger partial charge is 0.509 e. The summed E-state index contributed by atoms with van der Waals surface area (Å²) in [5.41, 5.74) is 0.0171. The van der Waals surface area contributed by atoms with E-state index in [4.69, 9.17) is 9.94 Å². The molecule has 5 nitrogen and oxygen atoms in total. The van der Waals surface area contributed by atoms with Gasteiger partial charge < -0.3 is 14.7 Å². The van der Waals surface area contributed by atoms with E-state index in [-0.39, 0.29) is 17.7 Å². The number of benzene rings is 1. The third-order valence-corrected chi connectivity index (χ3v) is 2.40. The van der Waals surface area contributed by atoms with Crippen LogP contribution in [0.5, 0.6) is 0 Å². The molecule has 0 spiro atoms. The van der Waals surface area contributed by atoms with Crippen LogP contribution in [0.1, 0.15) is 18.9 Å². The third-order valence-electron chi connectivity index (χ3n) is 2.40. The van der Waals surface area contributed by atoms with E-state index in [2.05, 4.69) is 9.89 Å². The molecule has 1 aromatic rings. The molecular weight excluding hydrogens is 248 g/mol. The van der Waals surface area contributed by atoms with Crippen LogP contribution in [0.25, 0.3) is 0 Å². The molecule has 1 aliphatic heterocycles. The summed E-state index contributed by atoms with van der Waals surface area (Å²) in [5.74, 6) is -3.58. The van der Waals surface area contributed by atoms with E-state index < -0.39 is 23.6 Å². The zero-order chi connectivity index (χ0) is 13.3. The second-order valence-corrected chi connectivity index (χ2v) is 3.91. The maximum atomic E-state index is 13.5. The van der Waals surface area contributed by atoms with Crippen molar-refractivity contribution in [2.24, 2.45) is 5.16 Å². The Kier molecular flexibility index (Phi) is 2.90. The summed E-state index contributed by atoms with van der Waals surface area (Å²) in [5, 5.41) is 12.0. The number of hydrogen-bond acceptors (Lipinski definition) is 4. The SMILES string of the molecule is CC1(OC(=O)O)CC(c2cccc(F)c2F)=NO1. The van der Waals surface area contributed by atoms with Crippen LogP contribution in [-0.4, -0.2) is 22.8 Å². The molecule has 7 heteroatoms. The Morgan fingerprint density at radius 3 is 2.94 bits per heavy atom. The van der Waals surface area contributed by atoms with E-state index in [0.717, 1.165) is 6.07 Å². The molecule has 1 aromatic carbocycles. The fourth-order valence-electron chi connectivity index (χ4n) is 1.63. The van der Waals surface area contributed by atoms with Gasteiger partial charge in [0.05, 0.1) is 12.1 Å². The highest BCUT2D eigenvalue weighted by molar-refractivity contribution is 6.01. The fraction of sp³-hybridized carbons (Fsp3) is 0.273. The molecule has 0 aromatic heterocycles. The Morgan fingerprint density at radius 1 is 1.56 bits per heavy atom. The van der Waals surface area contributed by atoms with Gasteiger partial charge in [-0.25, -0.2) is 13.6 Å². The topological polar surface area (TPSA) is 68.1 Å². The summed E-state index contributed by atoms with van der Waals surface area (Å²) < 4.78 is 31.0. The van der Waals surface area contributed by atoms with Crippen molar-refractivity contribution in [2.45, 2.75) is 19.1 Å². The number of rotatable bonds is 2. The summed E-state index contributed by atoms with van der Waals surface area (Å²) in [4.78, 5) is 15.2. The Hall–Kier alpha value is -2.18. The fourth-order valence-corrected chi connectivity index (χ4v) is 1.63. The number of halogens is 2. The van der Waals surface area contributed by atoms with Crippen molar-refractivity contribution in [3.05, 3.63) is 35.4 Å².